The number of rotatable bonds is 4. The van der Waals surface area contributed by atoms with Gasteiger partial charge in [0, 0.05) is 50.7 Å². The largest absolute Gasteiger partial charge is 0.379 e. The van der Waals surface area contributed by atoms with E-state index < -0.39 is 0 Å². The molecule has 0 saturated carbocycles. The fourth-order valence-electron chi connectivity index (χ4n) is 4.16. The van der Waals surface area contributed by atoms with Crippen molar-refractivity contribution < 1.29 is 4.74 Å². The number of aryl methyl sites for hydroxylation is 2. The van der Waals surface area contributed by atoms with Crippen LogP contribution in [0.4, 0.5) is 0 Å². The van der Waals surface area contributed by atoms with Crippen molar-refractivity contribution in [1.82, 2.24) is 28.0 Å². The van der Waals surface area contributed by atoms with Crippen LogP contribution < -0.4 is 11.2 Å². The van der Waals surface area contributed by atoms with Crippen LogP contribution in [0.3, 0.4) is 0 Å². The summed E-state index contributed by atoms with van der Waals surface area (Å²) in [5.74, 6) is 0.707. The maximum absolute atomic E-state index is 13.3. The molecule has 3 aromatic heterocycles. The molecule has 0 atom stereocenters. The maximum atomic E-state index is 13.3. The minimum Gasteiger partial charge on any atom is -0.379 e. The average molecular weight is 388 g/mol. The van der Waals surface area contributed by atoms with Crippen LogP contribution in [-0.4, -0.2) is 60.8 Å². The molecule has 0 N–H and O–H groups in total. The van der Waals surface area contributed by atoms with Gasteiger partial charge < -0.3 is 9.30 Å². The van der Waals surface area contributed by atoms with Crippen LogP contribution in [0.15, 0.2) is 9.59 Å². The Morgan fingerprint density at radius 2 is 1.75 bits per heavy atom. The molecule has 0 amide bonds. The third-order valence-electron chi connectivity index (χ3n) is 5.82. The molecule has 1 aliphatic heterocycles. The number of nitrogens with zero attached hydrogens (tertiary/aromatic N) is 6. The monoisotopic (exact) mass is 388 g/mol. The van der Waals surface area contributed by atoms with E-state index in [0.717, 1.165) is 24.5 Å². The summed E-state index contributed by atoms with van der Waals surface area (Å²) in [6, 6.07) is 0.202. The molecule has 9 heteroatoms. The minimum absolute atomic E-state index is 0.202. The second-order valence-corrected chi connectivity index (χ2v) is 7.81. The number of morpholine rings is 1. The van der Waals surface area contributed by atoms with Crippen molar-refractivity contribution in [2.24, 2.45) is 7.05 Å². The highest BCUT2D eigenvalue weighted by Gasteiger charge is 2.23. The zero-order valence-corrected chi connectivity index (χ0v) is 17.2. The Bertz CT molecular complexity index is 1160. The Morgan fingerprint density at radius 1 is 1.07 bits per heavy atom. The topological polar surface area (TPSA) is 78.7 Å². The predicted octanol–water partition coefficient (Wildman–Crippen LogP) is 0.679. The Hall–Kier alpha value is -2.39. The van der Waals surface area contributed by atoms with E-state index in [1.807, 2.05) is 18.2 Å². The first-order valence-corrected chi connectivity index (χ1v) is 9.82. The molecule has 152 valence electrons. The van der Waals surface area contributed by atoms with Gasteiger partial charge in [0.2, 0.25) is 5.78 Å². The lowest BCUT2D eigenvalue weighted by Gasteiger charge is -2.26. The maximum Gasteiger partial charge on any atom is 0.332 e. The van der Waals surface area contributed by atoms with Crippen molar-refractivity contribution in [1.29, 1.82) is 0 Å². The SMILES string of the molecule is Cc1c(C)n2c3c(=O)n(CCN4CCOCC4)c(=O)n(C)c3nc2n1C(C)C. The zero-order valence-electron chi connectivity index (χ0n) is 17.2. The van der Waals surface area contributed by atoms with Gasteiger partial charge in [-0.15, -0.1) is 0 Å². The van der Waals surface area contributed by atoms with E-state index in [0.29, 0.717) is 43.2 Å². The highest BCUT2D eigenvalue weighted by Crippen LogP contribution is 2.23. The molecule has 0 aromatic carbocycles. The molecule has 4 heterocycles. The van der Waals surface area contributed by atoms with E-state index in [1.165, 1.54) is 9.13 Å². The van der Waals surface area contributed by atoms with Crippen LogP contribution in [0, 0.1) is 13.8 Å². The van der Waals surface area contributed by atoms with E-state index in [1.54, 1.807) is 7.05 Å². The van der Waals surface area contributed by atoms with Crippen molar-refractivity contribution in [3.63, 3.8) is 0 Å². The summed E-state index contributed by atoms with van der Waals surface area (Å²) in [5, 5.41) is 0. The lowest BCUT2D eigenvalue weighted by atomic mass is 10.3. The molecule has 28 heavy (non-hydrogen) atoms. The van der Waals surface area contributed by atoms with Gasteiger partial charge in [-0.05, 0) is 27.7 Å². The number of hydrogen-bond acceptors (Lipinski definition) is 5. The van der Waals surface area contributed by atoms with Crippen molar-refractivity contribution in [3.05, 3.63) is 32.2 Å². The van der Waals surface area contributed by atoms with E-state index in [9.17, 15) is 9.59 Å². The van der Waals surface area contributed by atoms with Gasteiger partial charge >= 0.3 is 5.69 Å². The van der Waals surface area contributed by atoms with Gasteiger partial charge in [0.05, 0.1) is 13.2 Å². The first kappa shape index (κ1) is 18.9. The second kappa shape index (κ2) is 6.89. The Balaban J connectivity index is 1.90. The molecule has 0 aliphatic carbocycles. The smallest absolute Gasteiger partial charge is 0.332 e. The number of hydrogen-bond donors (Lipinski definition) is 0. The molecule has 1 saturated heterocycles. The fourth-order valence-corrected chi connectivity index (χ4v) is 4.16. The molecule has 0 spiro atoms. The quantitative estimate of drug-likeness (QED) is 0.657. The molecule has 1 fully saturated rings. The molecular formula is C19H28N6O3. The number of aromatic nitrogens is 5. The zero-order chi connectivity index (χ0) is 20.2. The van der Waals surface area contributed by atoms with Gasteiger partial charge in [0.25, 0.3) is 5.56 Å². The first-order chi connectivity index (χ1) is 13.3. The normalized spacial score (nSPS) is 16.1. The minimum atomic E-state index is -0.322. The van der Waals surface area contributed by atoms with Crippen LogP contribution in [0.5, 0.6) is 0 Å². The third-order valence-corrected chi connectivity index (χ3v) is 5.82. The van der Waals surface area contributed by atoms with Gasteiger partial charge in [-0.3, -0.25) is 23.2 Å². The molecule has 0 unspecified atom stereocenters. The van der Waals surface area contributed by atoms with Crippen LogP contribution in [0.25, 0.3) is 16.9 Å². The second-order valence-electron chi connectivity index (χ2n) is 7.81. The van der Waals surface area contributed by atoms with Crippen molar-refractivity contribution >= 4 is 16.9 Å². The molecule has 1 aliphatic rings. The summed E-state index contributed by atoms with van der Waals surface area (Å²) < 4.78 is 12.2. The van der Waals surface area contributed by atoms with Gasteiger partial charge in [-0.2, -0.15) is 4.98 Å². The van der Waals surface area contributed by atoms with Gasteiger partial charge in [-0.25, -0.2) is 4.79 Å². The highest BCUT2D eigenvalue weighted by molar-refractivity contribution is 5.76. The Labute approximate surface area is 162 Å². The molecule has 0 bridgehead atoms. The van der Waals surface area contributed by atoms with Crippen molar-refractivity contribution in [2.75, 3.05) is 32.8 Å². The summed E-state index contributed by atoms with van der Waals surface area (Å²) >= 11 is 0. The van der Waals surface area contributed by atoms with Crippen LogP contribution in [-0.2, 0) is 18.3 Å². The van der Waals surface area contributed by atoms with Gasteiger partial charge in [0.15, 0.2) is 11.2 Å². The van der Waals surface area contributed by atoms with E-state index >= 15 is 0 Å². The molecule has 4 rings (SSSR count). The number of imidazole rings is 2. The van der Waals surface area contributed by atoms with E-state index in [2.05, 4.69) is 28.3 Å². The molecule has 9 nitrogen and oxygen atoms in total. The fraction of sp³-hybridized carbons (Fsp3) is 0.632. The summed E-state index contributed by atoms with van der Waals surface area (Å²) in [6.07, 6.45) is 0. The van der Waals surface area contributed by atoms with Crippen LogP contribution >= 0.6 is 0 Å². The molecule has 3 aromatic rings. The summed E-state index contributed by atoms with van der Waals surface area (Å²) in [4.78, 5) is 33.1. The van der Waals surface area contributed by atoms with E-state index in [-0.39, 0.29) is 17.3 Å². The third kappa shape index (κ3) is 2.72. The highest BCUT2D eigenvalue weighted by atomic mass is 16.5. The standard InChI is InChI=1S/C19H28N6O3/c1-12(2)24-13(3)14(4)25-15-16(20-18(24)25)21(5)19(27)23(17(15)26)7-6-22-8-10-28-11-9-22/h12H,6-11H2,1-5H3. The van der Waals surface area contributed by atoms with Gasteiger partial charge in [-0.1, -0.05) is 0 Å². The van der Waals surface area contributed by atoms with Gasteiger partial charge in [0.1, 0.15) is 0 Å². The Morgan fingerprint density at radius 3 is 2.39 bits per heavy atom. The Kier molecular flexibility index (Phi) is 4.67. The van der Waals surface area contributed by atoms with Crippen molar-refractivity contribution in [3.8, 4) is 0 Å². The van der Waals surface area contributed by atoms with Crippen LogP contribution in [0.2, 0.25) is 0 Å². The molecule has 0 radical (unpaired) electrons. The summed E-state index contributed by atoms with van der Waals surface area (Å²) in [5.41, 5.74) is 2.36. The first-order valence-electron chi connectivity index (χ1n) is 9.82. The van der Waals surface area contributed by atoms with Crippen molar-refractivity contribution in [2.45, 2.75) is 40.3 Å². The van der Waals surface area contributed by atoms with E-state index in [4.69, 9.17) is 4.74 Å². The average Bonchev–Trinajstić information content (AvgIpc) is 3.16. The molecular weight excluding hydrogens is 360 g/mol. The summed E-state index contributed by atoms with van der Waals surface area (Å²) in [7, 11) is 1.68. The lowest BCUT2D eigenvalue weighted by Crippen LogP contribution is -2.44. The number of ether oxygens (including phenoxy) is 1. The lowest BCUT2D eigenvalue weighted by molar-refractivity contribution is 0.0361. The predicted molar refractivity (Wildman–Crippen MR) is 107 cm³/mol. The summed E-state index contributed by atoms with van der Waals surface area (Å²) in [6.45, 7) is 12.2. The number of fused-ring (bicyclic) bond motifs is 3. The van der Waals surface area contributed by atoms with Crippen LogP contribution in [0.1, 0.15) is 31.3 Å².